The fraction of sp³-hybridized carbons (Fsp3) is 0.533. The summed E-state index contributed by atoms with van der Waals surface area (Å²) < 4.78 is 18.7. The summed E-state index contributed by atoms with van der Waals surface area (Å²) in [4.78, 5) is 13.3. The molecule has 1 aliphatic heterocycles. The normalized spacial score (nSPS) is 16.1. The van der Waals surface area contributed by atoms with Crippen molar-refractivity contribution >= 4 is 5.91 Å². The molecule has 1 aromatic carbocycles. The Bertz CT molecular complexity index is 490. The number of benzene rings is 1. The minimum Gasteiger partial charge on any atom is -0.494 e. The second-order valence-electron chi connectivity index (χ2n) is 5.32. The lowest BCUT2D eigenvalue weighted by atomic mass is 10.0. The van der Waals surface area contributed by atoms with Crippen molar-refractivity contribution in [3.63, 3.8) is 0 Å². The van der Waals surface area contributed by atoms with Gasteiger partial charge in [0.25, 0.3) is 0 Å². The predicted octanol–water partition coefficient (Wildman–Crippen LogP) is 0.874. The lowest BCUT2D eigenvalue weighted by molar-refractivity contribution is -0.120. The average molecular weight is 295 g/mol. The number of hydrogen-bond donors (Lipinski definition) is 2. The lowest BCUT2D eigenvalue weighted by Gasteiger charge is -2.33. The summed E-state index contributed by atoms with van der Waals surface area (Å²) in [5.74, 6) is -0.524. The van der Waals surface area contributed by atoms with Crippen LogP contribution in [0.25, 0.3) is 0 Å². The number of piperidine rings is 1. The molecule has 1 aliphatic rings. The minimum atomic E-state index is -0.390. The van der Waals surface area contributed by atoms with Crippen LogP contribution < -0.4 is 15.8 Å². The van der Waals surface area contributed by atoms with Crippen molar-refractivity contribution in [2.75, 3.05) is 26.7 Å². The van der Waals surface area contributed by atoms with Gasteiger partial charge in [0.15, 0.2) is 11.6 Å². The highest BCUT2D eigenvalue weighted by molar-refractivity contribution is 5.76. The zero-order chi connectivity index (χ0) is 15.2. The van der Waals surface area contributed by atoms with Gasteiger partial charge in [-0.2, -0.15) is 0 Å². The van der Waals surface area contributed by atoms with Crippen LogP contribution in [0.4, 0.5) is 4.39 Å². The molecule has 1 amide bonds. The van der Waals surface area contributed by atoms with Crippen LogP contribution in [0, 0.1) is 5.82 Å². The molecule has 0 spiro atoms. The largest absolute Gasteiger partial charge is 0.494 e. The highest BCUT2D eigenvalue weighted by Crippen LogP contribution is 2.20. The molecule has 1 fully saturated rings. The quantitative estimate of drug-likeness (QED) is 0.817. The first-order valence-electron chi connectivity index (χ1n) is 7.15. The van der Waals surface area contributed by atoms with Crippen molar-refractivity contribution in [2.45, 2.75) is 25.4 Å². The van der Waals surface area contributed by atoms with Gasteiger partial charge in [0.2, 0.25) is 5.91 Å². The summed E-state index contributed by atoms with van der Waals surface area (Å²) in [6.45, 7) is 2.56. The molecule has 0 aliphatic carbocycles. The zero-order valence-electron chi connectivity index (χ0n) is 12.3. The predicted molar refractivity (Wildman–Crippen MR) is 78.4 cm³/mol. The van der Waals surface area contributed by atoms with E-state index < -0.39 is 0 Å². The molecule has 1 saturated heterocycles. The maximum Gasteiger partial charge on any atom is 0.231 e. The van der Waals surface area contributed by atoms with Gasteiger partial charge in [0.05, 0.1) is 13.7 Å². The summed E-state index contributed by atoms with van der Waals surface area (Å²) in [6, 6.07) is 5.17. The first-order chi connectivity index (χ1) is 10.1. The number of nitrogens with one attached hydrogen (secondary N) is 1. The fourth-order valence-corrected chi connectivity index (χ4v) is 2.73. The molecule has 0 atom stereocenters. The van der Waals surface area contributed by atoms with Gasteiger partial charge in [-0.05, 0) is 43.6 Å². The van der Waals surface area contributed by atoms with Crippen molar-refractivity contribution in [2.24, 2.45) is 5.73 Å². The van der Waals surface area contributed by atoms with Crippen LogP contribution in [0.2, 0.25) is 0 Å². The minimum absolute atomic E-state index is 0.193. The molecule has 1 heterocycles. The van der Waals surface area contributed by atoms with Crippen LogP contribution in [0.5, 0.6) is 5.75 Å². The Morgan fingerprint density at radius 3 is 2.76 bits per heavy atom. The lowest BCUT2D eigenvalue weighted by Crippen LogP contribution is -2.46. The molecular formula is C15H22FN3O2. The Labute approximate surface area is 124 Å². The van der Waals surface area contributed by atoms with Gasteiger partial charge < -0.3 is 15.8 Å². The Balaban J connectivity index is 2.09. The molecule has 0 radical (unpaired) electrons. The van der Waals surface area contributed by atoms with E-state index in [1.165, 1.54) is 13.2 Å². The van der Waals surface area contributed by atoms with E-state index in [1.54, 1.807) is 6.07 Å². The van der Waals surface area contributed by atoms with Crippen molar-refractivity contribution in [3.05, 3.63) is 29.6 Å². The van der Waals surface area contributed by atoms with E-state index in [9.17, 15) is 9.18 Å². The number of amides is 1. The number of nitrogens with zero attached hydrogens (tertiary/aromatic N) is 1. The number of hydrogen-bond acceptors (Lipinski definition) is 4. The Morgan fingerprint density at radius 1 is 1.48 bits per heavy atom. The van der Waals surface area contributed by atoms with Crippen molar-refractivity contribution in [3.8, 4) is 5.75 Å². The van der Waals surface area contributed by atoms with Gasteiger partial charge in [-0.15, -0.1) is 0 Å². The summed E-state index contributed by atoms with van der Waals surface area (Å²) >= 11 is 0. The number of ether oxygens (including phenoxy) is 1. The van der Waals surface area contributed by atoms with Crippen molar-refractivity contribution < 1.29 is 13.9 Å². The summed E-state index contributed by atoms with van der Waals surface area (Å²) in [6.07, 6.45) is 1.93. The number of methoxy groups -OCH3 is 1. The number of nitrogens with two attached hydrogens (primary N) is 1. The van der Waals surface area contributed by atoms with E-state index in [0.29, 0.717) is 12.6 Å². The van der Waals surface area contributed by atoms with E-state index in [0.717, 1.165) is 31.5 Å². The van der Waals surface area contributed by atoms with E-state index in [4.69, 9.17) is 10.5 Å². The standard InChI is InChI=1S/C15H22FN3O2/c1-21-14-3-2-11(8-13(14)16)9-19(10-15(17)20)12-4-6-18-7-5-12/h2-3,8,12,18H,4-7,9-10H2,1H3,(H2,17,20). The molecule has 2 rings (SSSR count). The highest BCUT2D eigenvalue weighted by Gasteiger charge is 2.22. The molecule has 0 aromatic heterocycles. The molecule has 116 valence electrons. The van der Waals surface area contributed by atoms with Gasteiger partial charge in [-0.1, -0.05) is 6.07 Å². The molecule has 0 saturated carbocycles. The molecule has 1 aromatic rings. The molecule has 0 unspecified atom stereocenters. The molecule has 3 N–H and O–H groups in total. The molecule has 6 heteroatoms. The van der Waals surface area contributed by atoms with Crippen LogP contribution in [-0.2, 0) is 11.3 Å². The van der Waals surface area contributed by atoms with Gasteiger partial charge in [0, 0.05) is 12.6 Å². The number of carbonyl (C=O) groups is 1. The van der Waals surface area contributed by atoms with Crippen molar-refractivity contribution in [1.29, 1.82) is 0 Å². The monoisotopic (exact) mass is 295 g/mol. The topological polar surface area (TPSA) is 67.6 Å². The first kappa shape index (κ1) is 15.7. The summed E-state index contributed by atoms with van der Waals surface area (Å²) in [7, 11) is 1.44. The second-order valence-corrected chi connectivity index (χ2v) is 5.32. The van der Waals surface area contributed by atoms with E-state index >= 15 is 0 Å². The number of rotatable bonds is 6. The fourth-order valence-electron chi connectivity index (χ4n) is 2.73. The van der Waals surface area contributed by atoms with Crippen LogP contribution >= 0.6 is 0 Å². The van der Waals surface area contributed by atoms with Gasteiger partial charge >= 0.3 is 0 Å². The zero-order valence-corrected chi connectivity index (χ0v) is 12.3. The van der Waals surface area contributed by atoms with Crippen LogP contribution in [0.15, 0.2) is 18.2 Å². The smallest absolute Gasteiger partial charge is 0.231 e. The Morgan fingerprint density at radius 2 is 2.19 bits per heavy atom. The van der Waals surface area contributed by atoms with Gasteiger partial charge in [-0.25, -0.2) is 4.39 Å². The third-order valence-electron chi connectivity index (χ3n) is 3.79. The molecule has 5 nitrogen and oxygen atoms in total. The molecular weight excluding hydrogens is 273 g/mol. The molecule has 21 heavy (non-hydrogen) atoms. The Kier molecular flexibility index (Phi) is 5.52. The first-order valence-corrected chi connectivity index (χ1v) is 7.15. The van der Waals surface area contributed by atoms with Crippen LogP contribution in [0.1, 0.15) is 18.4 Å². The van der Waals surface area contributed by atoms with Crippen molar-refractivity contribution in [1.82, 2.24) is 10.2 Å². The number of halogens is 1. The number of primary amides is 1. The summed E-state index contributed by atoms with van der Waals surface area (Å²) in [5, 5.41) is 3.29. The van der Waals surface area contributed by atoms with Crippen LogP contribution in [-0.4, -0.2) is 43.6 Å². The van der Waals surface area contributed by atoms with E-state index in [2.05, 4.69) is 5.32 Å². The SMILES string of the molecule is COc1ccc(CN(CC(N)=O)C2CCNCC2)cc1F. The maximum absolute atomic E-state index is 13.8. The second kappa shape index (κ2) is 7.38. The van der Waals surface area contributed by atoms with E-state index in [1.807, 2.05) is 11.0 Å². The Hall–Kier alpha value is -1.66. The number of carbonyl (C=O) groups excluding carboxylic acids is 1. The third kappa shape index (κ3) is 4.41. The van der Waals surface area contributed by atoms with Crippen LogP contribution in [0.3, 0.4) is 0 Å². The third-order valence-corrected chi connectivity index (χ3v) is 3.79. The van der Waals surface area contributed by atoms with Gasteiger partial charge in [0.1, 0.15) is 0 Å². The molecule has 0 bridgehead atoms. The maximum atomic E-state index is 13.8. The highest BCUT2D eigenvalue weighted by atomic mass is 19.1. The van der Waals surface area contributed by atoms with E-state index in [-0.39, 0.29) is 24.0 Å². The average Bonchev–Trinajstić information content (AvgIpc) is 2.47. The summed E-state index contributed by atoms with van der Waals surface area (Å²) in [5.41, 5.74) is 6.15. The van der Waals surface area contributed by atoms with Gasteiger partial charge in [-0.3, -0.25) is 9.69 Å².